The van der Waals surface area contributed by atoms with Crippen molar-refractivity contribution in [2.24, 2.45) is 0 Å². The Labute approximate surface area is 112 Å². The quantitative estimate of drug-likeness (QED) is 0.508. The smallest absolute Gasteiger partial charge is 0.0874 e. The highest BCUT2D eigenvalue weighted by molar-refractivity contribution is 5.02. The van der Waals surface area contributed by atoms with Crippen LogP contribution in [-0.4, -0.2) is 18.8 Å². The van der Waals surface area contributed by atoms with Crippen LogP contribution in [0.15, 0.2) is 11.8 Å². The summed E-state index contributed by atoms with van der Waals surface area (Å²) in [7, 11) is 0. The molecule has 0 N–H and O–H groups in total. The molecule has 0 aromatic heterocycles. The summed E-state index contributed by atoms with van der Waals surface area (Å²) in [5.74, 6) is 0. The van der Waals surface area contributed by atoms with E-state index >= 15 is 0 Å². The second-order valence-corrected chi connectivity index (χ2v) is 5.80. The first-order valence-corrected chi connectivity index (χ1v) is 7.78. The fraction of sp³-hybridized carbons (Fsp3) is 0.875. The highest BCUT2D eigenvalue weighted by Crippen LogP contribution is 2.32. The van der Waals surface area contributed by atoms with Crippen molar-refractivity contribution in [1.29, 1.82) is 0 Å². The Kier molecular flexibility index (Phi) is 5.55. The number of hydrogen-bond donors (Lipinski definition) is 0. The van der Waals surface area contributed by atoms with Gasteiger partial charge < -0.3 is 9.47 Å². The van der Waals surface area contributed by atoms with Gasteiger partial charge in [0.2, 0.25) is 0 Å². The number of allylic oxidation sites excluding steroid dienone is 1. The topological polar surface area (TPSA) is 18.5 Å². The molecular formula is C16H28O2. The Hall–Kier alpha value is -0.500. The van der Waals surface area contributed by atoms with E-state index in [2.05, 4.69) is 6.92 Å². The molecule has 1 saturated carbocycles. The molecule has 1 heterocycles. The van der Waals surface area contributed by atoms with Gasteiger partial charge in [-0.25, -0.2) is 0 Å². The Morgan fingerprint density at radius 3 is 2.72 bits per heavy atom. The van der Waals surface area contributed by atoms with Crippen LogP contribution in [0.1, 0.15) is 71.1 Å². The molecule has 0 radical (unpaired) electrons. The summed E-state index contributed by atoms with van der Waals surface area (Å²) in [6.45, 7) is 4.07. The van der Waals surface area contributed by atoms with E-state index in [-0.39, 0.29) is 5.60 Å². The third-order valence-corrected chi connectivity index (χ3v) is 4.47. The average Bonchev–Trinajstić information content (AvgIpc) is 2.93. The first kappa shape index (κ1) is 13.9. The molecule has 0 aromatic rings. The van der Waals surface area contributed by atoms with Gasteiger partial charge in [-0.15, -0.1) is 0 Å². The molecule has 2 aliphatic rings. The van der Waals surface area contributed by atoms with Gasteiger partial charge in [-0.1, -0.05) is 6.92 Å². The number of ether oxygens (including phenoxy) is 2. The minimum absolute atomic E-state index is 0.169. The molecule has 2 heteroatoms. The van der Waals surface area contributed by atoms with E-state index in [1.54, 1.807) is 0 Å². The SMILES string of the molecule is CCC1(CCCOC=C2CCCC2)CCCCO1. The zero-order valence-corrected chi connectivity index (χ0v) is 11.9. The van der Waals surface area contributed by atoms with E-state index < -0.39 is 0 Å². The Morgan fingerprint density at radius 2 is 2.06 bits per heavy atom. The van der Waals surface area contributed by atoms with Crippen LogP contribution < -0.4 is 0 Å². The van der Waals surface area contributed by atoms with Crippen molar-refractivity contribution in [3.05, 3.63) is 11.8 Å². The molecule has 2 rings (SSSR count). The van der Waals surface area contributed by atoms with E-state index in [4.69, 9.17) is 9.47 Å². The molecule has 0 bridgehead atoms. The Bertz CT molecular complexity index is 256. The standard InChI is InChI=1S/C16H28O2/c1-2-16(10-5-6-13-18-16)11-7-12-17-14-15-8-3-4-9-15/h14H,2-13H2,1H3. The summed E-state index contributed by atoms with van der Waals surface area (Å²) in [5.41, 5.74) is 1.68. The molecule has 1 saturated heterocycles. The van der Waals surface area contributed by atoms with Gasteiger partial charge in [0.15, 0.2) is 0 Å². The molecule has 18 heavy (non-hydrogen) atoms. The molecule has 0 spiro atoms. The molecule has 2 fully saturated rings. The maximum absolute atomic E-state index is 6.02. The monoisotopic (exact) mass is 252 g/mol. The van der Waals surface area contributed by atoms with Gasteiger partial charge in [0.05, 0.1) is 18.5 Å². The van der Waals surface area contributed by atoms with Gasteiger partial charge in [-0.2, -0.15) is 0 Å². The average molecular weight is 252 g/mol. The highest BCUT2D eigenvalue weighted by atomic mass is 16.5. The van der Waals surface area contributed by atoms with Crippen molar-refractivity contribution >= 4 is 0 Å². The van der Waals surface area contributed by atoms with Crippen molar-refractivity contribution in [3.8, 4) is 0 Å². The van der Waals surface area contributed by atoms with Crippen LogP contribution in [0, 0.1) is 0 Å². The minimum atomic E-state index is 0.169. The zero-order chi connectivity index (χ0) is 12.7. The highest BCUT2D eigenvalue weighted by Gasteiger charge is 2.30. The zero-order valence-electron chi connectivity index (χ0n) is 11.9. The lowest BCUT2D eigenvalue weighted by atomic mass is 9.87. The van der Waals surface area contributed by atoms with Crippen molar-refractivity contribution in [2.75, 3.05) is 13.2 Å². The van der Waals surface area contributed by atoms with E-state index in [0.717, 1.165) is 32.5 Å². The fourth-order valence-electron chi connectivity index (χ4n) is 3.16. The normalized spacial score (nSPS) is 28.4. The fourth-order valence-corrected chi connectivity index (χ4v) is 3.16. The van der Waals surface area contributed by atoms with Crippen LogP contribution in [0.2, 0.25) is 0 Å². The van der Waals surface area contributed by atoms with Crippen LogP contribution in [0.5, 0.6) is 0 Å². The lowest BCUT2D eigenvalue weighted by molar-refractivity contribution is -0.0884. The van der Waals surface area contributed by atoms with E-state index in [0.29, 0.717) is 0 Å². The van der Waals surface area contributed by atoms with Gasteiger partial charge in [0.1, 0.15) is 0 Å². The molecule has 1 atom stereocenters. The lowest BCUT2D eigenvalue weighted by Gasteiger charge is -2.36. The second kappa shape index (κ2) is 7.18. The van der Waals surface area contributed by atoms with E-state index in [1.165, 1.54) is 50.5 Å². The van der Waals surface area contributed by atoms with E-state index in [9.17, 15) is 0 Å². The van der Waals surface area contributed by atoms with Crippen molar-refractivity contribution in [1.82, 2.24) is 0 Å². The second-order valence-electron chi connectivity index (χ2n) is 5.80. The predicted octanol–water partition coefficient (Wildman–Crippen LogP) is 4.59. The summed E-state index contributed by atoms with van der Waals surface area (Å²) < 4.78 is 11.7. The van der Waals surface area contributed by atoms with Crippen LogP contribution in [0.4, 0.5) is 0 Å². The molecule has 1 aliphatic heterocycles. The largest absolute Gasteiger partial charge is 0.501 e. The molecule has 2 nitrogen and oxygen atoms in total. The van der Waals surface area contributed by atoms with Crippen LogP contribution in [0.3, 0.4) is 0 Å². The first-order valence-electron chi connectivity index (χ1n) is 7.78. The molecule has 104 valence electrons. The number of hydrogen-bond acceptors (Lipinski definition) is 2. The molecule has 1 unspecified atom stereocenters. The summed E-state index contributed by atoms with van der Waals surface area (Å²) in [6, 6.07) is 0. The van der Waals surface area contributed by atoms with E-state index in [1.807, 2.05) is 6.26 Å². The van der Waals surface area contributed by atoms with Gasteiger partial charge >= 0.3 is 0 Å². The van der Waals surface area contributed by atoms with Crippen molar-refractivity contribution < 1.29 is 9.47 Å². The maximum Gasteiger partial charge on any atom is 0.0874 e. The summed E-state index contributed by atoms with van der Waals surface area (Å²) in [6.07, 6.45) is 14.5. The van der Waals surface area contributed by atoms with Crippen LogP contribution >= 0.6 is 0 Å². The van der Waals surface area contributed by atoms with Gasteiger partial charge in [-0.3, -0.25) is 0 Å². The molecule has 0 amide bonds. The Morgan fingerprint density at radius 1 is 1.22 bits per heavy atom. The van der Waals surface area contributed by atoms with Gasteiger partial charge in [-0.05, 0) is 69.8 Å². The van der Waals surface area contributed by atoms with Crippen LogP contribution in [-0.2, 0) is 9.47 Å². The van der Waals surface area contributed by atoms with Crippen LogP contribution in [0.25, 0.3) is 0 Å². The lowest BCUT2D eigenvalue weighted by Crippen LogP contribution is -2.35. The van der Waals surface area contributed by atoms with Gasteiger partial charge in [0, 0.05) is 6.61 Å². The van der Waals surface area contributed by atoms with Crippen molar-refractivity contribution in [3.63, 3.8) is 0 Å². The maximum atomic E-state index is 6.02. The Balaban J connectivity index is 1.62. The number of rotatable bonds is 6. The summed E-state index contributed by atoms with van der Waals surface area (Å²) >= 11 is 0. The summed E-state index contributed by atoms with van der Waals surface area (Å²) in [5, 5.41) is 0. The molecule has 0 aromatic carbocycles. The van der Waals surface area contributed by atoms with Crippen molar-refractivity contribution in [2.45, 2.75) is 76.7 Å². The molecular weight excluding hydrogens is 224 g/mol. The summed E-state index contributed by atoms with van der Waals surface area (Å²) in [4.78, 5) is 0. The third kappa shape index (κ3) is 4.01. The minimum Gasteiger partial charge on any atom is -0.501 e. The molecule has 1 aliphatic carbocycles. The van der Waals surface area contributed by atoms with Gasteiger partial charge in [0.25, 0.3) is 0 Å². The first-order chi connectivity index (χ1) is 8.85. The predicted molar refractivity (Wildman–Crippen MR) is 74.6 cm³/mol. The third-order valence-electron chi connectivity index (χ3n) is 4.47.